The molecule has 3 heterocycles. The molecule has 25 heavy (non-hydrogen) atoms. The molecule has 0 saturated heterocycles. The molecule has 1 saturated carbocycles. The average molecular weight is 363 g/mol. The number of H-pyrrole nitrogens is 1. The maximum absolute atomic E-state index is 10.1. The van der Waals surface area contributed by atoms with Crippen molar-refractivity contribution in [1.82, 2.24) is 24.7 Å². The van der Waals surface area contributed by atoms with Gasteiger partial charge in [-0.25, -0.2) is 4.68 Å². The first kappa shape index (κ1) is 16.2. The Bertz CT molecular complexity index is 892. The van der Waals surface area contributed by atoms with E-state index in [9.17, 15) is 5.11 Å². The molecule has 8 nitrogen and oxygen atoms in total. The summed E-state index contributed by atoms with van der Waals surface area (Å²) < 4.78 is 7.25. The maximum atomic E-state index is 10.1. The smallest absolute Gasteiger partial charge is 0.232 e. The predicted molar refractivity (Wildman–Crippen MR) is 94.5 cm³/mol. The van der Waals surface area contributed by atoms with Crippen molar-refractivity contribution in [3.05, 3.63) is 23.6 Å². The van der Waals surface area contributed by atoms with Crippen LogP contribution in [-0.4, -0.2) is 42.5 Å². The van der Waals surface area contributed by atoms with Gasteiger partial charge in [0.15, 0.2) is 5.15 Å². The highest BCUT2D eigenvalue weighted by Gasteiger charge is 2.29. The van der Waals surface area contributed by atoms with E-state index >= 15 is 0 Å². The Labute approximate surface area is 149 Å². The number of hydrogen-bond donors (Lipinski definition) is 3. The van der Waals surface area contributed by atoms with Crippen LogP contribution >= 0.6 is 11.6 Å². The van der Waals surface area contributed by atoms with E-state index in [0.29, 0.717) is 34.9 Å². The summed E-state index contributed by atoms with van der Waals surface area (Å²) in [5.74, 6) is 0.873. The van der Waals surface area contributed by atoms with E-state index in [1.165, 1.54) is 0 Å². The first-order chi connectivity index (χ1) is 12.2. The van der Waals surface area contributed by atoms with Gasteiger partial charge in [0.05, 0.1) is 36.0 Å². The second kappa shape index (κ2) is 6.53. The van der Waals surface area contributed by atoms with E-state index in [2.05, 4.69) is 25.4 Å². The quantitative estimate of drug-likeness (QED) is 0.645. The van der Waals surface area contributed by atoms with Crippen LogP contribution in [0.3, 0.4) is 0 Å². The molecule has 0 amide bonds. The number of nitrogens with zero attached hydrogens (tertiary/aromatic N) is 4. The summed E-state index contributed by atoms with van der Waals surface area (Å²) in [6, 6.07) is 1.78. The minimum atomic E-state index is -0.415. The Morgan fingerprint density at radius 1 is 1.44 bits per heavy atom. The van der Waals surface area contributed by atoms with Crippen LogP contribution in [0.1, 0.15) is 32.2 Å². The van der Waals surface area contributed by atoms with E-state index in [1.807, 2.05) is 13.0 Å². The zero-order valence-electron chi connectivity index (χ0n) is 13.7. The van der Waals surface area contributed by atoms with Crippen molar-refractivity contribution in [2.75, 3.05) is 11.9 Å². The molecular weight excluding hydrogens is 344 g/mol. The third-order valence-electron chi connectivity index (χ3n) is 4.40. The van der Waals surface area contributed by atoms with E-state index in [1.54, 1.807) is 17.1 Å². The molecule has 2 atom stereocenters. The van der Waals surface area contributed by atoms with Gasteiger partial charge < -0.3 is 20.1 Å². The molecule has 1 fully saturated rings. The molecule has 0 unspecified atom stereocenters. The zero-order valence-corrected chi connectivity index (χ0v) is 14.5. The van der Waals surface area contributed by atoms with Crippen molar-refractivity contribution in [1.29, 1.82) is 0 Å². The number of aromatic amines is 1. The number of ether oxygens (including phenoxy) is 1. The van der Waals surface area contributed by atoms with Crippen LogP contribution in [0.2, 0.25) is 5.15 Å². The van der Waals surface area contributed by atoms with Crippen LogP contribution in [0.5, 0.6) is 5.88 Å². The van der Waals surface area contributed by atoms with Crippen LogP contribution in [0.4, 0.5) is 11.6 Å². The van der Waals surface area contributed by atoms with Crippen LogP contribution in [0.25, 0.3) is 11.0 Å². The van der Waals surface area contributed by atoms with Crippen molar-refractivity contribution < 1.29 is 9.84 Å². The molecule has 3 N–H and O–H groups in total. The lowest BCUT2D eigenvalue weighted by molar-refractivity contribution is 0.130. The predicted octanol–water partition coefficient (Wildman–Crippen LogP) is 3.04. The number of halogens is 1. The summed E-state index contributed by atoms with van der Waals surface area (Å²) in [7, 11) is 0. The van der Waals surface area contributed by atoms with Gasteiger partial charge in [-0.05, 0) is 32.3 Å². The molecule has 0 bridgehead atoms. The Hall–Kier alpha value is -2.32. The van der Waals surface area contributed by atoms with Gasteiger partial charge in [-0.1, -0.05) is 11.6 Å². The molecule has 0 spiro atoms. The molecule has 132 valence electrons. The molecule has 1 aliphatic rings. The summed E-state index contributed by atoms with van der Waals surface area (Å²) in [5.41, 5.74) is 1.27. The number of hydrogen-bond acceptors (Lipinski definition) is 6. The molecular formula is C16H19ClN6O2. The fraction of sp³-hybridized carbons (Fsp3) is 0.438. The maximum Gasteiger partial charge on any atom is 0.232 e. The summed E-state index contributed by atoms with van der Waals surface area (Å²) in [6.45, 7) is 2.41. The normalized spacial score (nSPS) is 20.3. The van der Waals surface area contributed by atoms with E-state index in [4.69, 9.17) is 16.3 Å². The monoisotopic (exact) mass is 362 g/mol. The number of aromatic nitrogens is 5. The van der Waals surface area contributed by atoms with Gasteiger partial charge in [0, 0.05) is 6.20 Å². The summed E-state index contributed by atoms with van der Waals surface area (Å²) in [5, 5.41) is 18.7. The van der Waals surface area contributed by atoms with Gasteiger partial charge >= 0.3 is 0 Å². The minimum Gasteiger partial charge on any atom is -0.477 e. The molecule has 3 aromatic rings. The average Bonchev–Trinajstić information content (AvgIpc) is 3.30. The van der Waals surface area contributed by atoms with Gasteiger partial charge in [-0.2, -0.15) is 15.1 Å². The van der Waals surface area contributed by atoms with Crippen LogP contribution in [0, 0.1) is 0 Å². The lowest BCUT2D eigenvalue weighted by atomic mass is 10.2. The van der Waals surface area contributed by atoms with Crippen molar-refractivity contribution in [2.45, 2.75) is 38.3 Å². The highest BCUT2D eigenvalue weighted by atomic mass is 35.5. The lowest BCUT2D eigenvalue weighted by Crippen LogP contribution is -2.19. The second-order valence-corrected chi connectivity index (χ2v) is 6.37. The van der Waals surface area contributed by atoms with Crippen molar-refractivity contribution in [3.8, 4) is 5.88 Å². The Balaban J connectivity index is 1.64. The van der Waals surface area contributed by atoms with E-state index in [-0.39, 0.29) is 6.04 Å². The third-order valence-corrected chi connectivity index (χ3v) is 4.78. The summed E-state index contributed by atoms with van der Waals surface area (Å²) in [6.07, 6.45) is 5.60. The van der Waals surface area contributed by atoms with Gasteiger partial charge in [0.2, 0.25) is 11.8 Å². The molecule has 9 heteroatoms. The Morgan fingerprint density at radius 2 is 2.32 bits per heavy atom. The van der Waals surface area contributed by atoms with Crippen LogP contribution < -0.4 is 10.1 Å². The number of aliphatic hydroxyl groups excluding tert-OH is 1. The number of fused-ring (bicyclic) bond motifs is 1. The first-order valence-electron chi connectivity index (χ1n) is 8.33. The van der Waals surface area contributed by atoms with E-state index < -0.39 is 6.10 Å². The number of anilines is 2. The van der Waals surface area contributed by atoms with Crippen LogP contribution in [0.15, 0.2) is 18.5 Å². The number of aliphatic hydroxyl groups is 1. The van der Waals surface area contributed by atoms with Gasteiger partial charge in [0.1, 0.15) is 5.65 Å². The van der Waals surface area contributed by atoms with Gasteiger partial charge in [-0.3, -0.25) is 0 Å². The van der Waals surface area contributed by atoms with E-state index in [0.717, 1.165) is 24.6 Å². The molecule has 3 aromatic heterocycles. The Morgan fingerprint density at radius 3 is 3.08 bits per heavy atom. The lowest BCUT2D eigenvalue weighted by Gasteiger charge is -2.16. The molecule has 4 rings (SSSR count). The fourth-order valence-electron chi connectivity index (χ4n) is 3.20. The topological polar surface area (TPSA) is 101 Å². The standard InChI is InChI=1S/C16H19ClN6O2/c1-2-25-15-9-6-7-18-14(9)21-16(22-15)20-10-8-19-23(13(10)17)11-4-3-5-12(11)24/h6-8,11-12,24H,2-5H2,1H3,(H2,18,20,21,22)/t11-,12-/m1/s1. The highest BCUT2D eigenvalue weighted by molar-refractivity contribution is 6.32. The second-order valence-electron chi connectivity index (χ2n) is 6.01. The van der Waals surface area contributed by atoms with Crippen molar-refractivity contribution in [3.63, 3.8) is 0 Å². The number of rotatable bonds is 5. The zero-order chi connectivity index (χ0) is 17.4. The minimum absolute atomic E-state index is 0.0890. The fourth-order valence-corrected chi connectivity index (χ4v) is 3.47. The first-order valence-corrected chi connectivity index (χ1v) is 8.71. The highest BCUT2D eigenvalue weighted by Crippen LogP contribution is 2.35. The number of nitrogens with one attached hydrogen (secondary N) is 2. The molecule has 1 aliphatic carbocycles. The summed E-state index contributed by atoms with van der Waals surface area (Å²) in [4.78, 5) is 11.9. The SMILES string of the molecule is CCOc1nc(Nc2cnn([C@@H]3CCC[C@H]3O)c2Cl)nc2[nH]ccc12. The Kier molecular flexibility index (Phi) is 4.22. The van der Waals surface area contributed by atoms with Crippen molar-refractivity contribution in [2.24, 2.45) is 0 Å². The molecule has 0 aromatic carbocycles. The summed E-state index contributed by atoms with van der Waals surface area (Å²) >= 11 is 6.45. The third kappa shape index (κ3) is 2.91. The van der Waals surface area contributed by atoms with Gasteiger partial charge in [-0.15, -0.1) is 0 Å². The van der Waals surface area contributed by atoms with Crippen molar-refractivity contribution >= 4 is 34.3 Å². The molecule has 0 radical (unpaired) electrons. The van der Waals surface area contributed by atoms with Crippen LogP contribution in [-0.2, 0) is 0 Å². The molecule has 0 aliphatic heterocycles. The largest absolute Gasteiger partial charge is 0.477 e. The van der Waals surface area contributed by atoms with Gasteiger partial charge in [0.25, 0.3) is 0 Å².